The van der Waals surface area contributed by atoms with Crippen molar-refractivity contribution >= 4 is 34.2 Å². The summed E-state index contributed by atoms with van der Waals surface area (Å²) >= 11 is 0. The number of aromatic nitrogens is 1. The maximum absolute atomic E-state index is 14.4. The Morgan fingerprint density at radius 3 is 2.79 bits per heavy atom. The van der Waals surface area contributed by atoms with Crippen molar-refractivity contribution in [2.75, 3.05) is 20.1 Å². The SMILES string of the molecule is CC[C@H](C)[C@H]1C(=O)N2CCC[C@@H]2[C@]2(O)O[C@](NC(=O)[C@H]3C=C4c5cccc6[nH]cc(c56)C[C@H]4N(C)C3)(C(C)C)C(=O)N12. The molecule has 7 atom stereocenters. The number of nitrogens with zero attached hydrogens (tertiary/aromatic N) is 3. The number of fused-ring (bicyclic) bond motifs is 5. The van der Waals surface area contributed by atoms with Crippen molar-refractivity contribution in [3.05, 3.63) is 41.6 Å². The highest BCUT2D eigenvalue weighted by atomic mass is 16.7. The van der Waals surface area contributed by atoms with Crippen molar-refractivity contribution in [3.63, 3.8) is 0 Å². The van der Waals surface area contributed by atoms with Crippen LogP contribution < -0.4 is 5.32 Å². The Bertz CT molecular complexity index is 1520. The smallest absolute Gasteiger partial charge is 0.281 e. The zero-order valence-corrected chi connectivity index (χ0v) is 25.0. The van der Waals surface area contributed by atoms with Gasteiger partial charge in [-0.15, -0.1) is 0 Å². The van der Waals surface area contributed by atoms with E-state index in [0.717, 1.165) is 29.5 Å². The average molecular weight is 576 g/mol. The Kier molecular flexibility index (Phi) is 6.18. The molecule has 2 aromatic rings. The molecule has 224 valence electrons. The summed E-state index contributed by atoms with van der Waals surface area (Å²) in [4.78, 5) is 50.8. The number of hydrogen-bond acceptors (Lipinski definition) is 6. The largest absolute Gasteiger partial charge is 0.361 e. The number of rotatable bonds is 5. The van der Waals surface area contributed by atoms with Gasteiger partial charge in [0.05, 0.1) is 5.92 Å². The third kappa shape index (κ3) is 3.58. The van der Waals surface area contributed by atoms with Crippen LogP contribution in [-0.2, 0) is 25.5 Å². The first-order chi connectivity index (χ1) is 20.0. The van der Waals surface area contributed by atoms with Crippen LogP contribution in [0.1, 0.15) is 58.1 Å². The normalized spacial score (nSPS) is 34.9. The molecular formula is C32H41N5O5. The van der Waals surface area contributed by atoms with E-state index in [0.29, 0.717) is 25.9 Å². The van der Waals surface area contributed by atoms with Gasteiger partial charge in [0.25, 0.3) is 11.8 Å². The first-order valence-corrected chi connectivity index (χ1v) is 15.4. The molecule has 10 heteroatoms. The van der Waals surface area contributed by atoms with E-state index in [-0.39, 0.29) is 23.8 Å². The Hall–Kier alpha value is -3.21. The lowest BCUT2D eigenvalue weighted by Crippen LogP contribution is -2.72. The standard InChI is InChI=1S/C32H41N5O5/c1-6-18(4)27-29(39)36-12-8-11-25(36)32(41)37(27)30(40)31(42-32,17(2)3)34-28(38)20-13-22-21-9-7-10-23-26(21)19(15-33-23)14-24(22)35(5)16-20/h7,9-10,13,15,17-18,20,24-25,27,33,41H,6,8,11-12,14,16H2,1-5H3,(H,34,38)/t18-,20-,24+,25+,27-,31+,32-/m0/s1. The topological polar surface area (TPSA) is 118 Å². The molecule has 3 N–H and O–H groups in total. The molecular weight excluding hydrogens is 534 g/mol. The van der Waals surface area contributed by atoms with Gasteiger partial charge in [-0.3, -0.25) is 28.9 Å². The zero-order valence-electron chi connectivity index (χ0n) is 25.0. The summed E-state index contributed by atoms with van der Waals surface area (Å²) in [5.74, 6) is -4.28. The third-order valence-electron chi connectivity index (χ3n) is 10.6. The number of H-pyrrole nitrogens is 1. The van der Waals surface area contributed by atoms with Crippen molar-refractivity contribution in [1.82, 2.24) is 25.0 Å². The first kappa shape index (κ1) is 27.6. The van der Waals surface area contributed by atoms with Crippen LogP contribution >= 0.6 is 0 Å². The molecule has 0 unspecified atom stereocenters. The number of likely N-dealkylation sites (N-methyl/N-ethyl adjacent to an activating group) is 1. The lowest BCUT2D eigenvalue weighted by atomic mass is 9.79. The number of benzene rings is 1. The van der Waals surface area contributed by atoms with Crippen LogP contribution in [0.4, 0.5) is 0 Å². The van der Waals surface area contributed by atoms with E-state index < -0.39 is 41.5 Å². The van der Waals surface area contributed by atoms with Crippen molar-refractivity contribution in [1.29, 1.82) is 0 Å². The molecule has 0 bridgehead atoms. The molecule has 0 saturated carbocycles. The lowest BCUT2D eigenvalue weighted by molar-refractivity contribution is -0.324. The highest BCUT2D eigenvalue weighted by Crippen LogP contribution is 2.49. The van der Waals surface area contributed by atoms with Gasteiger partial charge in [0, 0.05) is 42.1 Å². The second-order valence-corrected chi connectivity index (χ2v) is 13.3. The second-order valence-electron chi connectivity index (χ2n) is 13.3. The molecule has 1 aromatic carbocycles. The molecule has 4 aliphatic heterocycles. The van der Waals surface area contributed by atoms with E-state index in [1.807, 2.05) is 46.9 Å². The Balaban J connectivity index is 1.25. The maximum atomic E-state index is 14.4. The Morgan fingerprint density at radius 1 is 1.26 bits per heavy atom. The number of carbonyl (C=O) groups excluding carboxylic acids is 3. The van der Waals surface area contributed by atoms with Gasteiger partial charge in [0.1, 0.15) is 12.1 Å². The predicted octanol–water partition coefficient (Wildman–Crippen LogP) is 2.43. The van der Waals surface area contributed by atoms with Crippen LogP contribution in [0.2, 0.25) is 0 Å². The van der Waals surface area contributed by atoms with Crippen LogP contribution in [0, 0.1) is 17.8 Å². The maximum Gasteiger partial charge on any atom is 0.281 e. The molecule has 10 nitrogen and oxygen atoms in total. The summed E-state index contributed by atoms with van der Waals surface area (Å²) in [7, 11) is 2.03. The summed E-state index contributed by atoms with van der Waals surface area (Å²) in [5.41, 5.74) is 2.79. The van der Waals surface area contributed by atoms with Crippen molar-refractivity contribution in [2.45, 2.75) is 83.1 Å². The quantitative estimate of drug-likeness (QED) is 0.504. The number of amides is 3. The zero-order chi connectivity index (χ0) is 29.7. The monoisotopic (exact) mass is 575 g/mol. The van der Waals surface area contributed by atoms with E-state index in [2.05, 4.69) is 33.5 Å². The van der Waals surface area contributed by atoms with E-state index in [4.69, 9.17) is 4.74 Å². The van der Waals surface area contributed by atoms with E-state index >= 15 is 0 Å². The average Bonchev–Trinajstić information content (AvgIpc) is 3.68. The molecule has 3 fully saturated rings. The fraction of sp³-hybridized carbons (Fsp3) is 0.594. The minimum Gasteiger partial charge on any atom is -0.361 e. The molecule has 0 radical (unpaired) electrons. The fourth-order valence-electron chi connectivity index (χ4n) is 8.11. The second kappa shape index (κ2) is 9.39. The number of aromatic amines is 1. The summed E-state index contributed by atoms with van der Waals surface area (Å²) in [6, 6.07) is 4.82. The molecule has 0 spiro atoms. The van der Waals surface area contributed by atoms with Gasteiger partial charge in [-0.1, -0.05) is 52.3 Å². The molecule has 7 rings (SSSR count). The Labute approximate surface area is 246 Å². The van der Waals surface area contributed by atoms with Crippen LogP contribution in [0.15, 0.2) is 30.5 Å². The summed E-state index contributed by atoms with van der Waals surface area (Å²) in [6.07, 6.45) is 6.87. The van der Waals surface area contributed by atoms with Gasteiger partial charge in [0.15, 0.2) is 0 Å². The summed E-state index contributed by atoms with van der Waals surface area (Å²) in [5, 5.41) is 16.4. The molecule has 42 heavy (non-hydrogen) atoms. The highest BCUT2D eigenvalue weighted by Gasteiger charge is 2.72. The van der Waals surface area contributed by atoms with Crippen LogP contribution in [0.25, 0.3) is 16.5 Å². The lowest BCUT2D eigenvalue weighted by Gasteiger charge is -2.50. The minimum absolute atomic E-state index is 0.150. The van der Waals surface area contributed by atoms with Crippen LogP contribution in [0.5, 0.6) is 0 Å². The van der Waals surface area contributed by atoms with Gasteiger partial charge in [-0.25, -0.2) is 0 Å². The Morgan fingerprint density at radius 2 is 2.05 bits per heavy atom. The molecule has 3 amide bonds. The summed E-state index contributed by atoms with van der Waals surface area (Å²) < 4.78 is 6.45. The van der Waals surface area contributed by atoms with Crippen LogP contribution in [-0.4, -0.2) is 92.4 Å². The van der Waals surface area contributed by atoms with Gasteiger partial charge < -0.3 is 20.3 Å². The number of nitrogens with one attached hydrogen (secondary N) is 2. The first-order valence-electron chi connectivity index (χ1n) is 15.4. The molecule has 1 aromatic heterocycles. The van der Waals surface area contributed by atoms with Gasteiger partial charge in [0.2, 0.25) is 17.5 Å². The van der Waals surface area contributed by atoms with Crippen LogP contribution in [0.3, 0.4) is 0 Å². The van der Waals surface area contributed by atoms with Gasteiger partial charge >= 0.3 is 0 Å². The van der Waals surface area contributed by atoms with Gasteiger partial charge in [-0.2, -0.15) is 0 Å². The van der Waals surface area contributed by atoms with E-state index in [1.165, 1.54) is 15.8 Å². The fourth-order valence-corrected chi connectivity index (χ4v) is 8.11. The number of hydrogen-bond donors (Lipinski definition) is 3. The predicted molar refractivity (Wildman–Crippen MR) is 156 cm³/mol. The molecule has 1 aliphatic carbocycles. The minimum atomic E-state index is -2.01. The number of piperazine rings is 1. The number of carbonyl (C=O) groups is 3. The van der Waals surface area contributed by atoms with E-state index in [1.54, 1.807) is 4.90 Å². The molecule has 3 saturated heterocycles. The number of ether oxygens (including phenoxy) is 1. The number of aliphatic hydroxyl groups is 1. The highest BCUT2D eigenvalue weighted by molar-refractivity contribution is 6.01. The third-order valence-corrected chi connectivity index (χ3v) is 10.6. The van der Waals surface area contributed by atoms with Gasteiger partial charge in [-0.05, 0) is 55.0 Å². The van der Waals surface area contributed by atoms with Crippen molar-refractivity contribution in [3.8, 4) is 0 Å². The van der Waals surface area contributed by atoms with E-state index in [9.17, 15) is 19.5 Å². The van der Waals surface area contributed by atoms with Crippen molar-refractivity contribution in [2.24, 2.45) is 17.8 Å². The summed E-state index contributed by atoms with van der Waals surface area (Å²) in [6.45, 7) is 8.50. The molecule has 5 aliphatic rings. The molecule has 5 heterocycles. The van der Waals surface area contributed by atoms with Crippen molar-refractivity contribution < 1.29 is 24.2 Å².